The zero-order valence-electron chi connectivity index (χ0n) is 6.21. The molecule has 0 bridgehead atoms. The Hall–Kier alpha value is -0.790. The fraction of sp³-hybridized carbons (Fsp3) is 0.143. The first-order valence-corrected chi connectivity index (χ1v) is 4.32. The highest BCUT2D eigenvalue weighted by molar-refractivity contribution is 14.1. The highest BCUT2D eigenvalue weighted by atomic mass is 127. The molecule has 0 saturated carbocycles. The number of rotatable bonds is 2. The van der Waals surface area contributed by atoms with Gasteiger partial charge in [0.15, 0.2) is 0 Å². The van der Waals surface area contributed by atoms with Crippen molar-refractivity contribution in [2.75, 3.05) is 0 Å². The summed E-state index contributed by atoms with van der Waals surface area (Å²) in [7, 11) is 0. The molecule has 0 saturated heterocycles. The SMILES string of the molecule is O=[N+]([O-])c1cc(C(F)F)ccc1I. The molecule has 70 valence electrons. The Bertz CT molecular complexity index is 343. The molecule has 1 rings (SSSR count). The van der Waals surface area contributed by atoms with Crippen molar-refractivity contribution in [3.8, 4) is 0 Å². The van der Waals surface area contributed by atoms with Crippen LogP contribution in [-0.4, -0.2) is 4.92 Å². The van der Waals surface area contributed by atoms with Gasteiger partial charge in [0.2, 0.25) is 0 Å². The molecule has 0 aliphatic carbocycles. The van der Waals surface area contributed by atoms with Crippen molar-refractivity contribution in [3.63, 3.8) is 0 Å². The van der Waals surface area contributed by atoms with E-state index in [0.717, 1.165) is 6.07 Å². The highest BCUT2D eigenvalue weighted by Gasteiger charge is 2.16. The van der Waals surface area contributed by atoms with Crippen LogP contribution in [0.1, 0.15) is 12.0 Å². The van der Waals surface area contributed by atoms with E-state index < -0.39 is 11.3 Å². The summed E-state index contributed by atoms with van der Waals surface area (Å²) in [5, 5.41) is 10.4. The lowest BCUT2D eigenvalue weighted by atomic mass is 10.2. The molecule has 1 aromatic carbocycles. The molecule has 0 atom stereocenters. The molecule has 0 amide bonds. The molecule has 0 heterocycles. The van der Waals surface area contributed by atoms with Crippen LogP contribution in [0, 0.1) is 13.7 Å². The minimum absolute atomic E-state index is 0.279. The van der Waals surface area contributed by atoms with E-state index in [4.69, 9.17) is 0 Å². The monoisotopic (exact) mass is 299 g/mol. The van der Waals surface area contributed by atoms with Gasteiger partial charge in [-0.15, -0.1) is 0 Å². The van der Waals surface area contributed by atoms with Crippen LogP contribution >= 0.6 is 22.6 Å². The molecule has 0 aliphatic rings. The fourth-order valence-electron chi connectivity index (χ4n) is 0.805. The molecule has 0 N–H and O–H groups in total. The Balaban J connectivity index is 3.19. The van der Waals surface area contributed by atoms with Crippen LogP contribution in [0.3, 0.4) is 0 Å². The minimum Gasteiger partial charge on any atom is -0.258 e. The van der Waals surface area contributed by atoms with Gasteiger partial charge in [0.05, 0.1) is 8.49 Å². The summed E-state index contributed by atoms with van der Waals surface area (Å²) >= 11 is 1.73. The molecule has 13 heavy (non-hydrogen) atoms. The van der Waals surface area contributed by atoms with Gasteiger partial charge in [0.25, 0.3) is 12.1 Å². The average Bonchev–Trinajstić information content (AvgIpc) is 2.04. The summed E-state index contributed by atoms with van der Waals surface area (Å²) in [6.07, 6.45) is -2.67. The van der Waals surface area contributed by atoms with E-state index in [9.17, 15) is 18.9 Å². The third kappa shape index (κ3) is 2.33. The molecule has 0 fully saturated rings. The molecule has 0 unspecified atom stereocenters. The number of halogens is 3. The summed E-state index contributed by atoms with van der Waals surface area (Å²) in [6, 6.07) is 3.38. The van der Waals surface area contributed by atoms with Crippen LogP contribution in [-0.2, 0) is 0 Å². The summed E-state index contributed by atoms with van der Waals surface area (Å²) < 4.78 is 24.6. The topological polar surface area (TPSA) is 43.1 Å². The van der Waals surface area contributed by atoms with Crippen molar-refractivity contribution in [1.82, 2.24) is 0 Å². The Morgan fingerprint density at radius 1 is 1.46 bits per heavy atom. The second-order valence-electron chi connectivity index (χ2n) is 2.27. The van der Waals surface area contributed by atoms with E-state index in [-0.39, 0.29) is 11.3 Å². The van der Waals surface area contributed by atoms with Crippen LogP contribution < -0.4 is 0 Å². The normalized spacial score (nSPS) is 10.5. The summed E-state index contributed by atoms with van der Waals surface area (Å²) in [6.45, 7) is 0. The molecular formula is C7H4F2INO2. The molecule has 0 aromatic heterocycles. The van der Waals surface area contributed by atoms with Crippen LogP contribution in [0.25, 0.3) is 0 Å². The van der Waals surface area contributed by atoms with Gasteiger partial charge in [-0.25, -0.2) is 8.78 Å². The van der Waals surface area contributed by atoms with Crippen LogP contribution in [0.15, 0.2) is 18.2 Å². The summed E-state index contributed by atoms with van der Waals surface area (Å²) in [5.41, 5.74) is -0.606. The van der Waals surface area contributed by atoms with E-state index in [1.54, 1.807) is 22.6 Å². The van der Waals surface area contributed by atoms with Crippen molar-refractivity contribution in [2.24, 2.45) is 0 Å². The molecule has 0 spiro atoms. The van der Waals surface area contributed by atoms with Gasteiger partial charge in [-0.3, -0.25) is 10.1 Å². The molecule has 1 aromatic rings. The van der Waals surface area contributed by atoms with E-state index in [1.807, 2.05) is 0 Å². The first-order valence-electron chi connectivity index (χ1n) is 3.24. The van der Waals surface area contributed by atoms with E-state index >= 15 is 0 Å². The lowest BCUT2D eigenvalue weighted by Crippen LogP contribution is -1.93. The first kappa shape index (κ1) is 10.3. The average molecular weight is 299 g/mol. The van der Waals surface area contributed by atoms with E-state index in [2.05, 4.69) is 0 Å². The summed E-state index contributed by atoms with van der Waals surface area (Å²) in [5.74, 6) is 0. The van der Waals surface area contributed by atoms with Gasteiger partial charge in [0, 0.05) is 11.6 Å². The zero-order valence-corrected chi connectivity index (χ0v) is 8.36. The Kier molecular flexibility index (Phi) is 3.12. The van der Waals surface area contributed by atoms with Gasteiger partial charge in [-0.1, -0.05) is 6.07 Å². The zero-order chi connectivity index (χ0) is 10.0. The highest BCUT2D eigenvalue weighted by Crippen LogP contribution is 2.27. The van der Waals surface area contributed by atoms with Crippen molar-refractivity contribution < 1.29 is 13.7 Å². The number of nitrogens with zero attached hydrogens (tertiary/aromatic N) is 1. The third-order valence-electron chi connectivity index (χ3n) is 1.42. The second kappa shape index (κ2) is 3.95. The van der Waals surface area contributed by atoms with Crippen molar-refractivity contribution >= 4 is 28.3 Å². The number of alkyl halides is 2. The Morgan fingerprint density at radius 2 is 2.08 bits per heavy atom. The number of benzene rings is 1. The maximum absolute atomic E-state index is 12.1. The standard InChI is InChI=1S/C7H4F2INO2/c8-7(9)4-1-2-5(10)6(3-4)11(12)13/h1-3,7H. The maximum atomic E-state index is 12.1. The lowest BCUT2D eigenvalue weighted by molar-refractivity contribution is -0.385. The molecule has 6 heteroatoms. The van der Waals surface area contributed by atoms with Gasteiger partial charge >= 0.3 is 0 Å². The molecule has 0 aliphatic heterocycles. The van der Waals surface area contributed by atoms with Crippen molar-refractivity contribution in [1.29, 1.82) is 0 Å². The second-order valence-corrected chi connectivity index (χ2v) is 3.43. The predicted octanol–water partition coefficient (Wildman–Crippen LogP) is 3.14. The molecular weight excluding hydrogens is 295 g/mol. The molecule has 0 radical (unpaired) electrons. The van der Waals surface area contributed by atoms with Gasteiger partial charge < -0.3 is 0 Å². The van der Waals surface area contributed by atoms with E-state index in [0.29, 0.717) is 3.57 Å². The Labute approximate surface area is 86.0 Å². The van der Waals surface area contributed by atoms with Crippen molar-refractivity contribution in [3.05, 3.63) is 37.4 Å². The summed E-state index contributed by atoms with van der Waals surface area (Å²) in [4.78, 5) is 9.68. The smallest absolute Gasteiger partial charge is 0.258 e. The number of hydrogen-bond acceptors (Lipinski definition) is 2. The van der Waals surface area contributed by atoms with Crippen LogP contribution in [0.5, 0.6) is 0 Å². The van der Waals surface area contributed by atoms with Crippen LogP contribution in [0.4, 0.5) is 14.5 Å². The molecule has 3 nitrogen and oxygen atoms in total. The quantitative estimate of drug-likeness (QED) is 0.478. The number of nitro groups is 1. The minimum atomic E-state index is -2.67. The number of hydrogen-bond donors (Lipinski definition) is 0. The van der Waals surface area contributed by atoms with Gasteiger partial charge in [0.1, 0.15) is 0 Å². The lowest BCUT2D eigenvalue weighted by Gasteiger charge is -2.00. The van der Waals surface area contributed by atoms with Gasteiger partial charge in [-0.05, 0) is 28.7 Å². The first-order chi connectivity index (χ1) is 6.02. The third-order valence-corrected chi connectivity index (χ3v) is 2.33. The Morgan fingerprint density at radius 3 is 2.54 bits per heavy atom. The van der Waals surface area contributed by atoms with E-state index in [1.165, 1.54) is 12.1 Å². The maximum Gasteiger partial charge on any atom is 0.283 e. The fourth-order valence-corrected chi connectivity index (χ4v) is 1.34. The number of nitro benzene ring substituents is 1. The van der Waals surface area contributed by atoms with Gasteiger partial charge in [-0.2, -0.15) is 0 Å². The van der Waals surface area contributed by atoms with Crippen molar-refractivity contribution in [2.45, 2.75) is 6.43 Å². The predicted molar refractivity (Wildman–Crippen MR) is 50.8 cm³/mol. The van der Waals surface area contributed by atoms with Crippen LogP contribution in [0.2, 0.25) is 0 Å². The largest absolute Gasteiger partial charge is 0.283 e.